The first-order chi connectivity index (χ1) is 10.8. The lowest BCUT2D eigenvalue weighted by Gasteiger charge is -2.06. The minimum absolute atomic E-state index is 0.00740. The van der Waals surface area contributed by atoms with Crippen molar-refractivity contribution in [1.29, 1.82) is 0 Å². The third kappa shape index (κ3) is 3.19. The van der Waals surface area contributed by atoms with E-state index in [0.29, 0.717) is 6.42 Å². The van der Waals surface area contributed by atoms with Crippen LogP contribution in [0.3, 0.4) is 0 Å². The van der Waals surface area contributed by atoms with E-state index >= 15 is 0 Å². The van der Waals surface area contributed by atoms with Gasteiger partial charge < -0.3 is 10.3 Å². The van der Waals surface area contributed by atoms with Gasteiger partial charge in [-0.1, -0.05) is 43.7 Å². The van der Waals surface area contributed by atoms with Crippen LogP contribution in [0.25, 0.3) is 10.9 Å². The van der Waals surface area contributed by atoms with Crippen LogP contribution in [-0.4, -0.2) is 10.9 Å². The summed E-state index contributed by atoms with van der Waals surface area (Å²) < 4.78 is 0. The Balaban J connectivity index is 1.67. The number of benzene rings is 2. The molecule has 0 aliphatic rings. The van der Waals surface area contributed by atoms with E-state index in [1.165, 1.54) is 5.56 Å². The quantitative estimate of drug-likeness (QED) is 0.723. The van der Waals surface area contributed by atoms with Crippen LogP contribution in [0.2, 0.25) is 0 Å². The highest BCUT2D eigenvalue weighted by Crippen LogP contribution is 2.19. The van der Waals surface area contributed by atoms with E-state index in [9.17, 15) is 4.79 Å². The first kappa shape index (κ1) is 14.4. The van der Waals surface area contributed by atoms with Crippen LogP contribution in [0.15, 0.2) is 54.7 Å². The van der Waals surface area contributed by atoms with Crippen LogP contribution >= 0.6 is 0 Å². The van der Waals surface area contributed by atoms with Gasteiger partial charge in [0.2, 0.25) is 5.91 Å². The van der Waals surface area contributed by atoms with Crippen LogP contribution in [0, 0.1) is 0 Å². The van der Waals surface area contributed by atoms with Gasteiger partial charge in [0.1, 0.15) is 0 Å². The lowest BCUT2D eigenvalue weighted by atomic mass is 10.1. The number of anilines is 1. The van der Waals surface area contributed by atoms with Crippen LogP contribution in [0.4, 0.5) is 5.69 Å². The fourth-order valence-electron chi connectivity index (χ4n) is 2.70. The topological polar surface area (TPSA) is 44.9 Å². The maximum absolute atomic E-state index is 12.2. The fraction of sp³-hybridized carbons (Fsp3) is 0.211. The first-order valence-corrected chi connectivity index (χ1v) is 7.70. The average Bonchev–Trinajstić information content (AvgIpc) is 2.93. The maximum Gasteiger partial charge on any atom is 0.228 e. The average molecular weight is 292 g/mol. The Morgan fingerprint density at radius 3 is 2.64 bits per heavy atom. The molecular formula is C19H20N2O. The zero-order valence-corrected chi connectivity index (χ0v) is 12.7. The van der Waals surface area contributed by atoms with Crippen molar-refractivity contribution in [2.24, 2.45) is 0 Å². The zero-order valence-electron chi connectivity index (χ0n) is 12.7. The van der Waals surface area contributed by atoms with E-state index < -0.39 is 0 Å². The number of aromatic nitrogens is 1. The predicted molar refractivity (Wildman–Crippen MR) is 91.1 cm³/mol. The Bertz CT molecular complexity index is 771. The summed E-state index contributed by atoms with van der Waals surface area (Å²) in [7, 11) is 0. The number of aromatic amines is 1. The number of nitrogens with one attached hydrogen (secondary N) is 2. The molecule has 1 aromatic heterocycles. The Morgan fingerprint density at radius 2 is 1.86 bits per heavy atom. The van der Waals surface area contributed by atoms with Gasteiger partial charge in [-0.25, -0.2) is 0 Å². The number of H-pyrrole nitrogens is 1. The normalized spacial score (nSPS) is 10.8. The number of para-hydroxylation sites is 1. The van der Waals surface area contributed by atoms with Crippen molar-refractivity contribution in [2.75, 3.05) is 5.32 Å². The number of hydrogen-bond donors (Lipinski definition) is 2. The van der Waals surface area contributed by atoms with Gasteiger partial charge in [0.25, 0.3) is 0 Å². The standard InChI is InChI=1S/C19H20N2O/c1-2-5-14-8-10-16(11-9-14)21-19(22)12-15-13-20-18-7-4-3-6-17(15)18/h3-4,6-11,13,20H,2,5,12H2,1H3,(H,21,22). The van der Waals surface area contributed by atoms with Crippen molar-refractivity contribution in [2.45, 2.75) is 26.2 Å². The molecule has 1 heterocycles. The molecule has 2 aromatic carbocycles. The van der Waals surface area contributed by atoms with Crippen LogP contribution < -0.4 is 5.32 Å². The van der Waals surface area contributed by atoms with Crippen molar-refractivity contribution < 1.29 is 4.79 Å². The van der Waals surface area contributed by atoms with Crippen molar-refractivity contribution in [3.05, 3.63) is 65.9 Å². The highest BCUT2D eigenvalue weighted by Gasteiger charge is 2.08. The lowest BCUT2D eigenvalue weighted by Crippen LogP contribution is -2.14. The number of rotatable bonds is 5. The van der Waals surface area contributed by atoms with Gasteiger partial charge in [0, 0.05) is 22.8 Å². The Labute approximate surface area is 130 Å². The first-order valence-electron chi connectivity index (χ1n) is 7.70. The van der Waals surface area contributed by atoms with E-state index in [1.807, 2.05) is 42.6 Å². The van der Waals surface area contributed by atoms with Gasteiger partial charge in [-0.05, 0) is 35.7 Å². The summed E-state index contributed by atoms with van der Waals surface area (Å²) in [5, 5.41) is 4.07. The molecule has 22 heavy (non-hydrogen) atoms. The van der Waals surface area contributed by atoms with Crippen molar-refractivity contribution >= 4 is 22.5 Å². The minimum atomic E-state index is 0.00740. The SMILES string of the molecule is CCCc1ccc(NC(=O)Cc2c[nH]c3ccccc23)cc1. The second-order valence-electron chi connectivity index (χ2n) is 5.53. The van der Waals surface area contributed by atoms with Crippen molar-refractivity contribution in [3.63, 3.8) is 0 Å². The Morgan fingerprint density at radius 1 is 1.09 bits per heavy atom. The molecule has 2 N–H and O–H groups in total. The molecule has 0 fully saturated rings. The van der Waals surface area contributed by atoms with E-state index in [4.69, 9.17) is 0 Å². The predicted octanol–water partition coefficient (Wildman–Crippen LogP) is 4.30. The highest BCUT2D eigenvalue weighted by atomic mass is 16.1. The van der Waals surface area contributed by atoms with Gasteiger partial charge in [-0.3, -0.25) is 4.79 Å². The molecule has 0 bridgehead atoms. The molecule has 0 spiro atoms. The largest absolute Gasteiger partial charge is 0.361 e. The molecular weight excluding hydrogens is 272 g/mol. The van der Waals surface area contributed by atoms with Crippen LogP contribution in [0.1, 0.15) is 24.5 Å². The lowest BCUT2D eigenvalue weighted by molar-refractivity contribution is -0.115. The summed E-state index contributed by atoms with van der Waals surface area (Å²) in [6.45, 7) is 2.16. The zero-order chi connectivity index (χ0) is 15.4. The van der Waals surface area contributed by atoms with E-state index in [1.54, 1.807) is 0 Å². The van der Waals surface area contributed by atoms with E-state index in [2.05, 4.69) is 29.4 Å². The maximum atomic E-state index is 12.2. The van der Waals surface area contributed by atoms with Crippen LogP contribution in [-0.2, 0) is 17.6 Å². The molecule has 0 atom stereocenters. The molecule has 3 rings (SSSR count). The van der Waals surface area contributed by atoms with E-state index in [-0.39, 0.29) is 5.91 Å². The molecule has 0 unspecified atom stereocenters. The number of fused-ring (bicyclic) bond motifs is 1. The second-order valence-corrected chi connectivity index (χ2v) is 5.53. The molecule has 0 saturated carbocycles. The Hall–Kier alpha value is -2.55. The molecule has 0 radical (unpaired) electrons. The fourth-order valence-corrected chi connectivity index (χ4v) is 2.70. The smallest absolute Gasteiger partial charge is 0.228 e. The summed E-state index contributed by atoms with van der Waals surface area (Å²) in [6, 6.07) is 16.1. The molecule has 0 aliphatic carbocycles. The molecule has 3 heteroatoms. The number of aryl methyl sites for hydroxylation is 1. The minimum Gasteiger partial charge on any atom is -0.361 e. The van der Waals surface area contributed by atoms with Crippen LogP contribution in [0.5, 0.6) is 0 Å². The second kappa shape index (κ2) is 6.48. The third-order valence-electron chi connectivity index (χ3n) is 3.80. The Kier molecular flexibility index (Phi) is 4.24. The molecule has 0 aliphatic heterocycles. The molecule has 3 nitrogen and oxygen atoms in total. The number of hydrogen-bond acceptors (Lipinski definition) is 1. The highest BCUT2D eigenvalue weighted by molar-refractivity contribution is 5.95. The van der Waals surface area contributed by atoms with E-state index in [0.717, 1.165) is 35.0 Å². The van der Waals surface area contributed by atoms with Gasteiger partial charge in [0.05, 0.1) is 6.42 Å². The van der Waals surface area contributed by atoms with Gasteiger partial charge in [-0.2, -0.15) is 0 Å². The monoisotopic (exact) mass is 292 g/mol. The number of carbonyl (C=O) groups excluding carboxylic acids is 1. The van der Waals surface area contributed by atoms with Gasteiger partial charge in [-0.15, -0.1) is 0 Å². The summed E-state index contributed by atoms with van der Waals surface area (Å²) in [6.07, 6.45) is 4.49. The number of carbonyl (C=O) groups is 1. The van der Waals surface area contributed by atoms with Gasteiger partial charge in [0.15, 0.2) is 0 Å². The summed E-state index contributed by atoms with van der Waals surface area (Å²) >= 11 is 0. The third-order valence-corrected chi connectivity index (χ3v) is 3.80. The summed E-state index contributed by atoms with van der Waals surface area (Å²) in [5.74, 6) is 0.00740. The molecule has 112 valence electrons. The van der Waals surface area contributed by atoms with Gasteiger partial charge >= 0.3 is 0 Å². The van der Waals surface area contributed by atoms with Crippen molar-refractivity contribution in [3.8, 4) is 0 Å². The summed E-state index contributed by atoms with van der Waals surface area (Å²) in [4.78, 5) is 15.4. The molecule has 1 amide bonds. The number of amides is 1. The molecule has 3 aromatic rings. The summed E-state index contributed by atoms with van der Waals surface area (Å²) in [5.41, 5.74) is 4.24. The molecule has 0 saturated heterocycles. The van der Waals surface area contributed by atoms with Crippen molar-refractivity contribution in [1.82, 2.24) is 4.98 Å².